The van der Waals surface area contributed by atoms with Crippen LogP contribution < -0.4 is 0 Å². The summed E-state index contributed by atoms with van der Waals surface area (Å²) < 4.78 is 10.7. The topological polar surface area (TPSA) is 93.1 Å². The van der Waals surface area contributed by atoms with E-state index in [1.807, 2.05) is 0 Å². The van der Waals surface area contributed by atoms with Gasteiger partial charge in [-0.1, -0.05) is 194 Å². The molecular formula is C40H78O6. The molecule has 6 nitrogen and oxygen atoms in total. The van der Waals surface area contributed by atoms with Gasteiger partial charge in [-0.25, -0.2) is 0 Å². The molecule has 0 spiro atoms. The minimum absolute atomic E-state index is 0.218. The molecule has 0 bridgehead atoms. The monoisotopic (exact) mass is 655 g/mol. The molecule has 0 aliphatic rings. The van der Waals surface area contributed by atoms with Gasteiger partial charge < -0.3 is 19.7 Å². The van der Waals surface area contributed by atoms with Crippen molar-refractivity contribution in [1.29, 1.82) is 0 Å². The number of carbonyl (C=O) groups is 2. The van der Waals surface area contributed by atoms with Crippen molar-refractivity contribution >= 4 is 11.9 Å². The normalized spacial score (nSPS) is 12.7. The lowest BCUT2D eigenvalue weighted by Crippen LogP contribution is -2.38. The Morgan fingerprint density at radius 3 is 1.04 bits per heavy atom. The summed E-state index contributed by atoms with van der Waals surface area (Å²) in [5.41, 5.74) is 0. The van der Waals surface area contributed by atoms with Gasteiger partial charge >= 0.3 is 11.9 Å². The summed E-state index contributed by atoms with van der Waals surface area (Å²) in [6.07, 6.45) is 36.3. The molecule has 0 radical (unpaired) electrons. The van der Waals surface area contributed by atoms with E-state index in [9.17, 15) is 19.8 Å². The third kappa shape index (κ3) is 32.8. The molecule has 46 heavy (non-hydrogen) atoms. The molecule has 0 aromatic heterocycles. The Morgan fingerprint density at radius 1 is 0.457 bits per heavy atom. The molecule has 0 saturated heterocycles. The number of hydrogen-bond acceptors (Lipinski definition) is 6. The lowest BCUT2D eigenvalue weighted by Gasteiger charge is -2.21. The number of carbonyl (C=O) groups excluding carboxylic acids is 2. The molecule has 0 fully saturated rings. The molecule has 0 aromatic rings. The van der Waals surface area contributed by atoms with E-state index in [0.29, 0.717) is 6.42 Å². The maximum absolute atomic E-state index is 12.3. The minimum atomic E-state index is -1.26. The molecule has 0 unspecified atom stereocenters. The van der Waals surface area contributed by atoms with Crippen LogP contribution in [0.3, 0.4) is 0 Å². The van der Waals surface area contributed by atoms with Gasteiger partial charge in [0, 0.05) is 12.8 Å². The smallest absolute Gasteiger partial charge is 0.306 e. The zero-order valence-electron chi connectivity index (χ0n) is 30.7. The Bertz CT molecular complexity index is 639. The van der Waals surface area contributed by atoms with E-state index < -0.39 is 24.8 Å². The van der Waals surface area contributed by atoms with Crippen LogP contribution in [0.4, 0.5) is 0 Å². The zero-order chi connectivity index (χ0) is 33.8. The van der Waals surface area contributed by atoms with E-state index in [-0.39, 0.29) is 19.0 Å². The molecule has 0 aliphatic heterocycles. The van der Waals surface area contributed by atoms with Crippen LogP contribution in [-0.4, -0.2) is 47.6 Å². The quantitative estimate of drug-likeness (QED) is 0.0511. The summed E-state index contributed by atoms with van der Waals surface area (Å²) in [7, 11) is 0. The summed E-state index contributed by atoms with van der Waals surface area (Å²) in [5, 5.41) is 19.5. The number of aliphatic hydroxyl groups excluding tert-OH is 2. The van der Waals surface area contributed by atoms with E-state index in [0.717, 1.165) is 38.5 Å². The number of esters is 2. The van der Waals surface area contributed by atoms with Gasteiger partial charge in [0.2, 0.25) is 0 Å². The highest BCUT2D eigenvalue weighted by Crippen LogP contribution is 2.16. The van der Waals surface area contributed by atoms with Gasteiger partial charge in [-0.2, -0.15) is 0 Å². The highest BCUT2D eigenvalue weighted by Gasteiger charge is 2.24. The largest absolute Gasteiger partial charge is 0.462 e. The summed E-state index contributed by atoms with van der Waals surface area (Å²) in [5.74, 6) is -0.756. The van der Waals surface area contributed by atoms with Crippen LogP contribution in [0.5, 0.6) is 0 Å². The summed E-state index contributed by atoms with van der Waals surface area (Å²) in [6, 6.07) is 0. The molecule has 0 heterocycles. The highest BCUT2D eigenvalue weighted by molar-refractivity contribution is 5.70. The molecule has 274 valence electrons. The first kappa shape index (κ1) is 44.9. The Labute approximate surface area is 285 Å². The summed E-state index contributed by atoms with van der Waals surface area (Å²) >= 11 is 0. The minimum Gasteiger partial charge on any atom is -0.462 e. The van der Waals surface area contributed by atoms with Crippen LogP contribution in [0.15, 0.2) is 0 Å². The van der Waals surface area contributed by atoms with Crippen LogP contribution >= 0.6 is 0 Å². The Hall–Kier alpha value is -1.14. The molecular weight excluding hydrogens is 576 g/mol. The average molecular weight is 655 g/mol. The van der Waals surface area contributed by atoms with Crippen LogP contribution in [-0.2, 0) is 19.1 Å². The van der Waals surface area contributed by atoms with Gasteiger partial charge in [-0.15, -0.1) is 0 Å². The van der Waals surface area contributed by atoms with Crippen molar-refractivity contribution < 1.29 is 29.3 Å². The lowest BCUT2D eigenvalue weighted by atomic mass is 10.0. The Morgan fingerprint density at radius 2 is 0.739 bits per heavy atom. The number of ether oxygens (including phenoxy) is 2. The van der Waals surface area contributed by atoms with Crippen LogP contribution in [0.1, 0.15) is 219 Å². The first-order chi connectivity index (χ1) is 22.5. The van der Waals surface area contributed by atoms with Crippen molar-refractivity contribution in [2.24, 2.45) is 0 Å². The Balaban J connectivity index is 3.71. The fourth-order valence-corrected chi connectivity index (χ4v) is 6.10. The third-order valence-corrected chi connectivity index (χ3v) is 9.28. The zero-order valence-corrected chi connectivity index (χ0v) is 30.7. The second-order valence-electron chi connectivity index (χ2n) is 13.9. The first-order valence-electron chi connectivity index (χ1n) is 20.2. The highest BCUT2D eigenvalue weighted by atomic mass is 16.6. The van der Waals surface area contributed by atoms with Crippen LogP contribution in [0.25, 0.3) is 0 Å². The van der Waals surface area contributed by atoms with Crippen LogP contribution in [0, 0.1) is 0 Å². The average Bonchev–Trinajstić information content (AvgIpc) is 3.06. The van der Waals surface area contributed by atoms with E-state index >= 15 is 0 Å². The Kier molecular flexibility index (Phi) is 35.8. The van der Waals surface area contributed by atoms with Crippen molar-refractivity contribution in [3.05, 3.63) is 0 Å². The molecule has 2 N–H and O–H groups in total. The van der Waals surface area contributed by atoms with Crippen molar-refractivity contribution in [2.75, 3.05) is 13.2 Å². The van der Waals surface area contributed by atoms with E-state index in [1.165, 1.54) is 154 Å². The first-order valence-corrected chi connectivity index (χ1v) is 20.2. The maximum Gasteiger partial charge on any atom is 0.306 e. The van der Waals surface area contributed by atoms with Gasteiger partial charge in [-0.3, -0.25) is 9.59 Å². The summed E-state index contributed by atoms with van der Waals surface area (Å²) in [6.45, 7) is 3.76. The second-order valence-corrected chi connectivity index (χ2v) is 13.9. The van der Waals surface area contributed by atoms with Gasteiger partial charge in [0.15, 0.2) is 6.10 Å². The maximum atomic E-state index is 12.3. The van der Waals surface area contributed by atoms with E-state index in [2.05, 4.69) is 13.8 Å². The molecule has 6 heteroatoms. The van der Waals surface area contributed by atoms with Gasteiger partial charge in [0.05, 0.1) is 6.61 Å². The predicted octanol–water partition coefficient (Wildman–Crippen LogP) is 11.3. The van der Waals surface area contributed by atoms with Crippen molar-refractivity contribution in [1.82, 2.24) is 0 Å². The molecule has 0 aromatic carbocycles. The molecule has 2 atom stereocenters. The second kappa shape index (κ2) is 36.7. The fourth-order valence-electron chi connectivity index (χ4n) is 6.10. The van der Waals surface area contributed by atoms with Crippen molar-refractivity contribution in [3.63, 3.8) is 0 Å². The van der Waals surface area contributed by atoms with Gasteiger partial charge in [0.25, 0.3) is 0 Å². The van der Waals surface area contributed by atoms with Gasteiger partial charge in [-0.05, 0) is 12.8 Å². The molecule has 0 amide bonds. The predicted molar refractivity (Wildman–Crippen MR) is 193 cm³/mol. The number of hydrogen-bond donors (Lipinski definition) is 2. The lowest BCUT2D eigenvalue weighted by molar-refractivity contribution is -0.168. The molecule has 0 saturated carbocycles. The number of aliphatic hydroxyl groups is 2. The third-order valence-electron chi connectivity index (χ3n) is 9.28. The standard InChI is InChI=1S/C40H78O6/c1-3-5-7-9-11-13-15-17-19-21-23-25-27-29-31-33-39(43)45-36-38(37(42)35-41)46-40(44)34-32-30-28-26-24-22-20-18-16-14-12-10-8-6-4-2/h37-38,41-42H,3-36H2,1-2H3/t37-,38+/m1/s1. The molecule has 0 aliphatic carbocycles. The number of unbranched alkanes of at least 4 members (excludes halogenated alkanes) is 28. The molecule has 0 rings (SSSR count). The van der Waals surface area contributed by atoms with Crippen LogP contribution in [0.2, 0.25) is 0 Å². The number of rotatable bonds is 37. The van der Waals surface area contributed by atoms with Crippen molar-refractivity contribution in [2.45, 2.75) is 232 Å². The fraction of sp³-hybridized carbons (Fsp3) is 0.950. The van der Waals surface area contributed by atoms with E-state index in [1.54, 1.807) is 0 Å². The van der Waals surface area contributed by atoms with E-state index in [4.69, 9.17) is 9.47 Å². The van der Waals surface area contributed by atoms with Crippen molar-refractivity contribution in [3.8, 4) is 0 Å². The SMILES string of the molecule is CCCCCCCCCCCCCCCCCC(=O)OC[C@H](OC(=O)CCCCCCCCCCCCCCCCC)[C@H](O)CO. The van der Waals surface area contributed by atoms with Gasteiger partial charge in [0.1, 0.15) is 12.7 Å². The summed E-state index contributed by atoms with van der Waals surface area (Å²) in [4.78, 5) is 24.5.